The summed E-state index contributed by atoms with van der Waals surface area (Å²) in [7, 11) is 0. The van der Waals surface area contributed by atoms with Crippen LogP contribution < -0.4 is 16.4 Å². The van der Waals surface area contributed by atoms with Gasteiger partial charge in [0.25, 0.3) is 5.91 Å². The highest BCUT2D eigenvalue weighted by Crippen LogP contribution is 2.24. The Balaban J connectivity index is 0.00000261. The van der Waals surface area contributed by atoms with Gasteiger partial charge in [-0.25, -0.2) is 0 Å². The molecule has 1 aromatic carbocycles. The average molecular weight is 412 g/mol. The van der Waals surface area contributed by atoms with Gasteiger partial charge in [0.1, 0.15) is 11.2 Å². The zero-order valence-electron chi connectivity index (χ0n) is 14.9. The minimum absolute atomic E-state index is 0. The smallest absolute Gasteiger partial charge is 0.272 e. The van der Waals surface area contributed by atoms with E-state index in [1.807, 2.05) is 0 Å². The van der Waals surface area contributed by atoms with Crippen LogP contribution in [0.5, 0.6) is 0 Å². The lowest BCUT2D eigenvalue weighted by atomic mass is 9.91. The van der Waals surface area contributed by atoms with Crippen molar-refractivity contribution in [2.75, 3.05) is 13.1 Å². The van der Waals surface area contributed by atoms with E-state index in [0.29, 0.717) is 10.6 Å². The monoisotopic (exact) mass is 411 g/mol. The second kappa shape index (κ2) is 8.73. The minimum atomic E-state index is -1.39. The largest absolute Gasteiger partial charge is 0.367 e. The Morgan fingerprint density at radius 1 is 1.41 bits per heavy atom. The fraction of sp³-hybridized carbons (Fsp3) is 0.389. The molecule has 146 valence electrons. The number of piperidine rings is 1. The van der Waals surface area contributed by atoms with Crippen molar-refractivity contribution >= 4 is 35.8 Å². The highest BCUT2D eigenvalue weighted by atomic mass is 35.5. The van der Waals surface area contributed by atoms with Gasteiger partial charge >= 0.3 is 0 Å². The summed E-state index contributed by atoms with van der Waals surface area (Å²) in [4.78, 5) is 24.8. The van der Waals surface area contributed by atoms with Gasteiger partial charge in [-0.1, -0.05) is 23.7 Å². The van der Waals surface area contributed by atoms with Crippen molar-refractivity contribution in [1.29, 1.82) is 0 Å². The fourth-order valence-corrected chi connectivity index (χ4v) is 3.28. The van der Waals surface area contributed by atoms with E-state index in [0.717, 1.165) is 25.9 Å². The molecular weight excluding hydrogens is 389 g/mol. The fourth-order valence-electron chi connectivity index (χ4n) is 3.09. The zero-order valence-corrected chi connectivity index (χ0v) is 16.5. The summed E-state index contributed by atoms with van der Waals surface area (Å²) < 4.78 is 1.79. The summed E-state index contributed by atoms with van der Waals surface area (Å²) in [5, 5.41) is 10.9. The first-order valence-corrected chi connectivity index (χ1v) is 8.92. The number of halogens is 2. The van der Waals surface area contributed by atoms with Gasteiger partial charge in [-0.05, 0) is 50.1 Å². The maximum Gasteiger partial charge on any atom is 0.272 e. The first-order valence-electron chi connectivity index (χ1n) is 8.54. The molecule has 2 atom stereocenters. The number of hydrogen-bond donors (Lipinski definition) is 3. The number of amides is 2. The molecule has 2 amide bonds. The van der Waals surface area contributed by atoms with E-state index in [9.17, 15) is 9.59 Å². The van der Waals surface area contributed by atoms with Gasteiger partial charge in [0.05, 0.1) is 6.04 Å². The van der Waals surface area contributed by atoms with Crippen molar-refractivity contribution in [2.24, 2.45) is 5.73 Å². The van der Waals surface area contributed by atoms with Gasteiger partial charge < -0.3 is 16.4 Å². The Hall–Kier alpha value is -2.09. The van der Waals surface area contributed by atoms with Crippen molar-refractivity contribution in [1.82, 2.24) is 20.4 Å². The van der Waals surface area contributed by atoms with Crippen LogP contribution in [0.4, 0.5) is 0 Å². The summed E-state index contributed by atoms with van der Waals surface area (Å²) in [6.07, 6.45) is 3.87. The Morgan fingerprint density at radius 3 is 2.81 bits per heavy atom. The van der Waals surface area contributed by atoms with Crippen molar-refractivity contribution in [3.05, 3.63) is 52.8 Å². The van der Waals surface area contributed by atoms with Crippen LogP contribution in [0.1, 0.15) is 41.9 Å². The van der Waals surface area contributed by atoms with E-state index in [-0.39, 0.29) is 24.1 Å². The lowest BCUT2D eigenvalue weighted by molar-refractivity contribution is -0.123. The molecule has 7 nitrogen and oxygen atoms in total. The van der Waals surface area contributed by atoms with E-state index in [2.05, 4.69) is 15.7 Å². The predicted molar refractivity (Wildman–Crippen MR) is 106 cm³/mol. The molecule has 1 aromatic heterocycles. The van der Waals surface area contributed by atoms with Crippen LogP contribution in [0.2, 0.25) is 5.02 Å². The lowest BCUT2D eigenvalue weighted by Crippen LogP contribution is -2.52. The first kappa shape index (κ1) is 21.2. The van der Waals surface area contributed by atoms with Crippen LogP contribution in [0.15, 0.2) is 36.5 Å². The van der Waals surface area contributed by atoms with Gasteiger partial charge in [0.2, 0.25) is 5.91 Å². The molecule has 1 aliphatic rings. The number of aromatic nitrogens is 2. The van der Waals surface area contributed by atoms with E-state index >= 15 is 0 Å². The SMILES string of the molecule is CC(NC(=O)c1ccn(C2CCCNC2)n1)(C(N)=O)c1cccc(Cl)c1.Cl. The molecule has 0 saturated carbocycles. The topological polar surface area (TPSA) is 102 Å². The molecular formula is C18H23Cl2N5O2. The lowest BCUT2D eigenvalue weighted by Gasteiger charge is -2.28. The van der Waals surface area contributed by atoms with E-state index in [1.165, 1.54) is 0 Å². The number of nitrogens with zero attached hydrogens (tertiary/aromatic N) is 2. The summed E-state index contributed by atoms with van der Waals surface area (Å²) >= 11 is 6.01. The second-order valence-electron chi connectivity index (χ2n) is 6.63. The van der Waals surface area contributed by atoms with Gasteiger partial charge in [-0.2, -0.15) is 5.10 Å². The maximum absolute atomic E-state index is 12.7. The van der Waals surface area contributed by atoms with Gasteiger partial charge in [0, 0.05) is 17.8 Å². The quantitative estimate of drug-likeness (QED) is 0.699. The highest BCUT2D eigenvalue weighted by Gasteiger charge is 2.36. The third-order valence-corrected chi connectivity index (χ3v) is 4.98. The third-order valence-electron chi connectivity index (χ3n) is 4.74. The number of nitrogens with one attached hydrogen (secondary N) is 2. The minimum Gasteiger partial charge on any atom is -0.367 e. The maximum atomic E-state index is 12.7. The van der Waals surface area contributed by atoms with Crippen LogP contribution in [0.25, 0.3) is 0 Å². The van der Waals surface area contributed by atoms with E-state index in [1.54, 1.807) is 48.1 Å². The Labute approximate surface area is 169 Å². The van der Waals surface area contributed by atoms with Gasteiger partial charge in [-0.3, -0.25) is 14.3 Å². The molecule has 0 aliphatic carbocycles. The van der Waals surface area contributed by atoms with Gasteiger partial charge in [0.15, 0.2) is 0 Å². The highest BCUT2D eigenvalue weighted by molar-refractivity contribution is 6.30. The number of benzene rings is 1. The van der Waals surface area contributed by atoms with E-state index in [4.69, 9.17) is 17.3 Å². The Morgan fingerprint density at radius 2 is 2.19 bits per heavy atom. The molecule has 0 radical (unpaired) electrons. The number of nitrogens with two attached hydrogens (primary N) is 1. The number of rotatable bonds is 5. The average Bonchev–Trinajstić information content (AvgIpc) is 3.12. The van der Waals surface area contributed by atoms with Crippen LogP contribution in [0, 0.1) is 0 Å². The first-order chi connectivity index (χ1) is 12.4. The molecule has 2 aromatic rings. The number of carbonyl (C=O) groups is 2. The summed E-state index contributed by atoms with van der Waals surface area (Å²) in [6, 6.07) is 8.57. The molecule has 27 heavy (non-hydrogen) atoms. The molecule has 4 N–H and O–H groups in total. The third kappa shape index (κ3) is 4.61. The van der Waals surface area contributed by atoms with Gasteiger partial charge in [-0.15, -0.1) is 12.4 Å². The molecule has 2 unspecified atom stereocenters. The standard InChI is InChI=1S/C18H22ClN5O2.ClH/c1-18(17(20)26,12-4-2-5-13(19)10-12)22-16(25)15-7-9-24(23-15)14-6-3-8-21-11-14;/h2,4-5,7,9-10,14,21H,3,6,8,11H2,1H3,(H2,20,26)(H,22,25);1H. The van der Waals surface area contributed by atoms with Crippen LogP contribution in [-0.4, -0.2) is 34.7 Å². The van der Waals surface area contributed by atoms with Crippen LogP contribution >= 0.6 is 24.0 Å². The summed E-state index contributed by atoms with van der Waals surface area (Å²) in [6.45, 7) is 3.38. The molecule has 3 rings (SSSR count). The van der Waals surface area contributed by atoms with Crippen molar-refractivity contribution in [3.8, 4) is 0 Å². The molecule has 2 heterocycles. The Bertz CT molecular complexity index is 820. The number of hydrogen-bond acceptors (Lipinski definition) is 4. The van der Waals surface area contributed by atoms with Crippen molar-refractivity contribution in [2.45, 2.75) is 31.3 Å². The van der Waals surface area contributed by atoms with Crippen molar-refractivity contribution in [3.63, 3.8) is 0 Å². The molecule has 0 spiro atoms. The molecule has 1 fully saturated rings. The molecule has 9 heteroatoms. The molecule has 1 aliphatic heterocycles. The normalized spacial score (nSPS) is 18.8. The van der Waals surface area contributed by atoms with Crippen LogP contribution in [0.3, 0.4) is 0 Å². The summed E-state index contributed by atoms with van der Waals surface area (Å²) in [5.41, 5.74) is 4.94. The zero-order chi connectivity index (χ0) is 18.7. The molecule has 1 saturated heterocycles. The molecule has 0 bridgehead atoms. The Kier molecular flexibility index (Phi) is 6.86. The predicted octanol–water partition coefficient (Wildman–Crippen LogP) is 2.01. The van der Waals surface area contributed by atoms with Crippen LogP contribution in [-0.2, 0) is 10.3 Å². The summed E-state index contributed by atoms with van der Waals surface area (Å²) in [5.74, 6) is -1.14. The van der Waals surface area contributed by atoms with E-state index < -0.39 is 17.4 Å². The second-order valence-corrected chi connectivity index (χ2v) is 7.07. The number of primary amides is 1. The van der Waals surface area contributed by atoms with Crippen molar-refractivity contribution < 1.29 is 9.59 Å². The number of carbonyl (C=O) groups excluding carboxylic acids is 2.